The Balaban J connectivity index is 1.87. The number of hydrogen-bond acceptors (Lipinski definition) is 3. The second-order valence-corrected chi connectivity index (χ2v) is 6.71. The van der Waals surface area contributed by atoms with Gasteiger partial charge in [-0.1, -0.05) is 19.3 Å². The van der Waals surface area contributed by atoms with E-state index in [0.29, 0.717) is 6.04 Å². The fraction of sp³-hybridized carbons (Fsp3) is 0.933. The van der Waals surface area contributed by atoms with E-state index in [-0.39, 0.29) is 5.91 Å². The van der Waals surface area contributed by atoms with Gasteiger partial charge in [0, 0.05) is 12.6 Å². The zero-order valence-corrected chi connectivity index (χ0v) is 12.2. The smallest absolute Gasteiger partial charge is 0.237 e. The van der Waals surface area contributed by atoms with Crippen molar-refractivity contribution in [1.29, 1.82) is 0 Å². The van der Waals surface area contributed by atoms with Crippen LogP contribution in [0.15, 0.2) is 0 Å². The minimum absolute atomic E-state index is 0.330. The summed E-state index contributed by atoms with van der Waals surface area (Å²) < 4.78 is 0. The third-order valence-electron chi connectivity index (χ3n) is 5.15. The molecule has 0 aliphatic heterocycles. The third kappa shape index (κ3) is 3.69. The molecule has 0 aromatic rings. The van der Waals surface area contributed by atoms with Gasteiger partial charge in [-0.2, -0.15) is 0 Å². The van der Waals surface area contributed by atoms with Crippen molar-refractivity contribution in [2.75, 3.05) is 13.6 Å². The molecular weight excluding hydrogens is 238 g/mol. The van der Waals surface area contributed by atoms with E-state index in [1.165, 1.54) is 32.1 Å². The Hall–Kier alpha value is -0.610. The molecule has 0 radical (unpaired) electrons. The van der Waals surface area contributed by atoms with E-state index in [1.54, 1.807) is 0 Å². The predicted octanol–water partition coefficient (Wildman–Crippen LogP) is 1.62. The number of nitrogens with zero attached hydrogens (tertiary/aromatic N) is 1. The summed E-state index contributed by atoms with van der Waals surface area (Å²) >= 11 is 0. The number of hydrogen-bond donors (Lipinski definition) is 2. The first-order chi connectivity index (χ1) is 9.01. The Morgan fingerprint density at radius 2 is 1.89 bits per heavy atom. The summed E-state index contributed by atoms with van der Waals surface area (Å²) in [5, 5.41) is 0. The number of rotatable bonds is 4. The van der Waals surface area contributed by atoms with Gasteiger partial charge >= 0.3 is 0 Å². The lowest BCUT2D eigenvalue weighted by Crippen LogP contribution is -2.58. The minimum atomic E-state index is -0.774. The number of carbonyl (C=O) groups is 1. The molecule has 4 N–H and O–H groups in total. The molecule has 110 valence electrons. The molecule has 0 saturated heterocycles. The van der Waals surface area contributed by atoms with Crippen molar-refractivity contribution >= 4 is 5.91 Å². The molecule has 1 amide bonds. The quantitative estimate of drug-likeness (QED) is 0.813. The summed E-state index contributed by atoms with van der Waals surface area (Å²) in [5.41, 5.74) is 10.9. The van der Waals surface area contributed by atoms with Gasteiger partial charge in [0.2, 0.25) is 5.91 Å². The van der Waals surface area contributed by atoms with Crippen molar-refractivity contribution < 1.29 is 4.79 Å². The molecule has 0 bridgehead atoms. The predicted molar refractivity (Wildman–Crippen MR) is 77.6 cm³/mol. The number of nitrogens with two attached hydrogens (primary N) is 2. The van der Waals surface area contributed by atoms with Gasteiger partial charge in [0.15, 0.2) is 0 Å². The highest BCUT2D eigenvalue weighted by molar-refractivity contribution is 5.84. The molecule has 0 aromatic heterocycles. The van der Waals surface area contributed by atoms with Crippen LogP contribution in [0.5, 0.6) is 0 Å². The van der Waals surface area contributed by atoms with Crippen molar-refractivity contribution in [3.63, 3.8) is 0 Å². The molecule has 4 nitrogen and oxygen atoms in total. The first kappa shape index (κ1) is 14.8. The maximum atomic E-state index is 11.5. The first-order valence-electron chi connectivity index (χ1n) is 7.80. The summed E-state index contributed by atoms with van der Waals surface area (Å²) in [7, 11) is 2.19. The molecule has 2 unspecified atom stereocenters. The molecule has 2 atom stereocenters. The molecule has 2 fully saturated rings. The summed E-state index contributed by atoms with van der Waals surface area (Å²) in [5.74, 6) is 0.504. The molecule has 0 aromatic carbocycles. The molecule has 2 saturated carbocycles. The van der Waals surface area contributed by atoms with Crippen LogP contribution in [0.25, 0.3) is 0 Å². The van der Waals surface area contributed by atoms with E-state index >= 15 is 0 Å². The second-order valence-electron chi connectivity index (χ2n) is 6.71. The van der Waals surface area contributed by atoms with Crippen molar-refractivity contribution in [3.8, 4) is 0 Å². The van der Waals surface area contributed by atoms with Crippen LogP contribution >= 0.6 is 0 Å². The summed E-state index contributed by atoms with van der Waals surface area (Å²) in [4.78, 5) is 13.9. The molecule has 2 rings (SSSR count). The number of amides is 1. The molecular formula is C15H29N3O. The SMILES string of the molecule is CN(CC1CCCCC1)C1CCCC(N)(C(N)=O)C1. The van der Waals surface area contributed by atoms with Crippen LogP contribution < -0.4 is 11.5 Å². The van der Waals surface area contributed by atoms with E-state index < -0.39 is 5.54 Å². The highest BCUT2D eigenvalue weighted by Crippen LogP contribution is 2.31. The van der Waals surface area contributed by atoms with Crippen LogP contribution in [-0.2, 0) is 4.79 Å². The summed E-state index contributed by atoms with van der Waals surface area (Å²) in [6.45, 7) is 1.15. The van der Waals surface area contributed by atoms with Crippen LogP contribution in [0.1, 0.15) is 57.8 Å². The average Bonchev–Trinajstić information content (AvgIpc) is 2.40. The van der Waals surface area contributed by atoms with Crippen molar-refractivity contribution in [2.45, 2.75) is 69.4 Å². The van der Waals surface area contributed by atoms with Crippen molar-refractivity contribution in [2.24, 2.45) is 17.4 Å². The maximum absolute atomic E-state index is 11.5. The first-order valence-corrected chi connectivity index (χ1v) is 7.80. The van der Waals surface area contributed by atoms with E-state index in [1.807, 2.05) is 0 Å². The molecule has 0 heterocycles. The van der Waals surface area contributed by atoms with Gasteiger partial charge in [-0.3, -0.25) is 4.79 Å². The topological polar surface area (TPSA) is 72.3 Å². The minimum Gasteiger partial charge on any atom is -0.368 e. The van der Waals surface area contributed by atoms with Crippen LogP contribution in [0, 0.1) is 5.92 Å². The number of primary amides is 1. The number of carbonyl (C=O) groups excluding carboxylic acids is 1. The lowest BCUT2D eigenvalue weighted by molar-refractivity contribution is -0.125. The third-order valence-corrected chi connectivity index (χ3v) is 5.15. The van der Waals surface area contributed by atoms with Gasteiger partial charge < -0.3 is 16.4 Å². The van der Waals surface area contributed by atoms with Crippen LogP contribution in [0.4, 0.5) is 0 Å². The van der Waals surface area contributed by atoms with Gasteiger partial charge in [-0.25, -0.2) is 0 Å². The lowest BCUT2D eigenvalue weighted by atomic mass is 9.78. The van der Waals surface area contributed by atoms with E-state index in [4.69, 9.17) is 11.5 Å². The summed E-state index contributed by atoms with van der Waals surface area (Å²) in [6, 6.07) is 0.424. The standard InChI is InChI=1S/C15H29N3O/c1-18(11-12-6-3-2-4-7-12)13-8-5-9-15(17,10-13)14(16)19/h12-13H,2-11,17H2,1H3,(H2,16,19). The van der Waals surface area contributed by atoms with Gasteiger partial charge in [0.25, 0.3) is 0 Å². The van der Waals surface area contributed by atoms with E-state index in [2.05, 4.69) is 11.9 Å². The molecule has 2 aliphatic carbocycles. The molecule has 0 spiro atoms. The Morgan fingerprint density at radius 1 is 1.21 bits per heavy atom. The fourth-order valence-electron chi connectivity index (χ4n) is 3.80. The second kappa shape index (κ2) is 6.23. The normalized spacial score (nSPS) is 33.5. The van der Waals surface area contributed by atoms with Gasteiger partial charge in [-0.05, 0) is 51.5 Å². The van der Waals surface area contributed by atoms with Crippen LogP contribution in [0.3, 0.4) is 0 Å². The Kier molecular flexibility index (Phi) is 4.85. The highest BCUT2D eigenvalue weighted by Gasteiger charge is 2.39. The Labute approximate surface area is 116 Å². The average molecular weight is 267 g/mol. The Morgan fingerprint density at radius 3 is 2.53 bits per heavy atom. The van der Waals surface area contributed by atoms with Crippen molar-refractivity contribution in [3.05, 3.63) is 0 Å². The van der Waals surface area contributed by atoms with Gasteiger partial charge in [0.05, 0.1) is 5.54 Å². The zero-order valence-electron chi connectivity index (χ0n) is 12.2. The fourth-order valence-corrected chi connectivity index (χ4v) is 3.80. The van der Waals surface area contributed by atoms with Crippen LogP contribution in [-0.4, -0.2) is 36.0 Å². The van der Waals surface area contributed by atoms with Gasteiger partial charge in [-0.15, -0.1) is 0 Å². The molecule has 2 aliphatic rings. The molecule has 19 heavy (non-hydrogen) atoms. The largest absolute Gasteiger partial charge is 0.368 e. The van der Waals surface area contributed by atoms with Crippen molar-refractivity contribution in [1.82, 2.24) is 4.90 Å². The molecule has 4 heteroatoms. The monoisotopic (exact) mass is 267 g/mol. The van der Waals surface area contributed by atoms with Crippen LogP contribution in [0.2, 0.25) is 0 Å². The maximum Gasteiger partial charge on any atom is 0.237 e. The highest BCUT2D eigenvalue weighted by atomic mass is 16.1. The van der Waals surface area contributed by atoms with E-state index in [0.717, 1.165) is 38.1 Å². The lowest BCUT2D eigenvalue weighted by Gasteiger charge is -2.41. The Bertz CT molecular complexity index is 315. The summed E-state index contributed by atoms with van der Waals surface area (Å²) in [6.07, 6.45) is 10.5. The van der Waals surface area contributed by atoms with Gasteiger partial charge in [0.1, 0.15) is 0 Å². The van der Waals surface area contributed by atoms with E-state index in [9.17, 15) is 4.79 Å². The zero-order chi connectivity index (χ0) is 13.9.